The number of hydrogen-bond donors (Lipinski definition) is 2. The molecule has 0 saturated carbocycles. The lowest BCUT2D eigenvalue weighted by atomic mass is 10.1. The fourth-order valence-corrected chi connectivity index (χ4v) is 2.46. The molecule has 0 amide bonds. The number of pyridine rings is 1. The Morgan fingerprint density at radius 2 is 1.91 bits per heavy atom. The van der Waals surface area contributed by atoms with Crippen molar-refractivity contribution in [2.45, 2.75) is 26.4 Å². The topological polar surface area (TPSA) is 45.1 Å². The molecule has 1 atom stereocenters. The van der Waals surface area contributed by atoms with Crippen LogP contribution in [0.15, 0.2) is 30.3 Å². The van der Waals surface area contributed by atoms with Gasteiger partial charge in [-0.2, -0.15) is 0 Å². The van der Waals surface area contributed by atoms with E-state index in [0.29, 0.717) is 21.4 Å². The Labute approximate surface area is 145 Å². The summed E-state index contributed by atoms with van der Waals surface area (Å²) in [7, 11) is 0. The highest BCUT2D eigenvalue weighted by Gasteiger charge is 2.14. The summed E-state index contributed by atoms with van der Waals surface area (Å²) in [5, 5.41) is 13.3. The fourth-order valence-electron chi connectivity index (χ4n) is 2.16. The number of aromatic nitrogens is 1. The van der Waals surface area contributed by atoms with Crippen molar-refractivity contribution in [3.05, 3.63) is 51.9 Å². The molecule has 1 heterocycles. The first-order valence-electron chi connectivity index (χ1n) is 7.37. The average molecular weight is 357 g/mol. The molecule has 0 saturated heterocycles. The van der Waals surface area contributed by atoms with Gasteiger partial charge in [0.2, 0.25) is 0 Å². The van der Waals surface area contributed by atoms with E-state index in [9.17, 15) is 9.50 Å². The molecule has 0 radical (unpaired) electrons. The van der Waals surface area contributed by atoms with Gasteiger partial charge in [-0.1, -0.05) is 43.1 Å². The molecule has 2 aromatic rings. The van der Waals surface area contributed by atoms with Crippen molar-refractivity contribution in [1.29, 1.82) is 0 Å². The standard InChI is InChI=1S/C17H19Cl2FN2O/c1-10(2)17(9-23)21-8-16-14(20)5-6-15(22-16)11-3-4-12(18)13(19)7-11/h3-7,10,17,21,23H,8-9H2,1-2H3/t17-/m0/s1. The summed E-state index contributed by atoms with van der Waals surface area (Å²) in [4.78, 5) is 4.36. The van der Waals surface area contributed by atoms with Gasteiger partial charge in [-0.3, -0.25) is 0 Å². The Morgan fingerprint density at radius 1 is 1.17 bits per heavy atom. The first-order chi connectivity index (χ1) is 10.9. The lowest BCUT2D eigenvalue weighted by Gasteiger charge is -2.20. The van der Waals surface area contributed by atoms with Crippen LogP contribution in [-0.2, 0) is 6.54 Å². The quantitative estimate of drug-likeness (QED) is 0.810. The monoisotopic (exact) mass is 356 g/mol. The summed E-state index contributed by atoms with van der Waals surface area (Å²) in [6, 6.07) is 8.05. The number of hydrogen-bond acceptors (Lipinski definition) is 3. The molecule has 23 heavy (non-hydrogen) atoms. The van der Waals surface area contributed by atoms with Crippen LogP contribution < -0.4 is 5.32 Å². The molecule has 2 N–H and O–H groups in total. The van der Waals surface area contributed by atoms with Gasteiger partial charge < -0.3 is 10.4 Å². The van der Waals surface area contributed by atoms with Crippen LogP contribution in [0, 0.1) is 11.7 Å². The molecule has 0 aliphatic carbocycles. The molecule has 124 valence electrons. The third-order valence-electron chi connectivity index (χ3n) is 3.67. The molecule has 0 aliphatic heterocycles. The maximum absolute atomic E-state index is 14.0. The number of rotatable bonds is 6. The van der Waals surface area contributed by atoms with E-state index >= 15 is 0 Å². The summed E-state index contributed by atoms with van der Waals surface area (Å²) in [6.45, 7) is 4.21. The van der Waals surface area contributed by atoms with E-state index in [4.69, 9.17) is 23.2 Å². The summed E-state index contributed by atoms with van der Waals surface area (Å²) >= 11 is 11.9. The molecular weight excluding hydrogens is 338 g/mol. The van der Waals surface area contributed by atoms with Crippen molar-refractivity contribution in [2.75, 3.05) is 6.61 Å². The molecule has 1 aromatic carbocycles. The predicted octanol–water partition coefficient (Wildman–Crippen LogP) is 4.30. The van der Waals surface area contributed by atoms with E-state index in [-0.39, 0.29) is 30.9 Å². The van der Waals surface area contributed by atoms with Crippen LogP contribution >= 0.6 is 23.2 Å². The number of aliphatic hydroxyl groups is 1. The second kappa shape index (κ2) is 8.06. The molecule has 0 bridgehead atoms. The Hall–Kier alpha value is -1.20. The molecule has 0 unspecified atom stereocenters. The summed E-state index contributed by atoms with van der Waals surface area (Å²) < 4.78 is 14.0. The van der Waals surface area contributed by atoms with Crippen LogP contribution in [0.5, 0.6) is 0 Å². The van der Waals surface area contributed by atoms with Crippen LogP contribution in [0.3, 0.4) is 0 Å². The van der Waals surface area contributed by atoms with Crippen molar-refractivity contribution in [3.8, 4) is 11.3 Å². The zero-order valence-electron chi connectivity index (χ0n) is 13.0. The highest BCUT2D eigenvalue weighted by atomic mass is 35.5. The molecule has 0 spiro atoms. The Morgan fingerprint density at radius 3 is 2.52 bits per heavy atom. The molecule has 3 nitrogen and oxygen atoms in total. The van der Waals surface area contributed by atoms with Crippen molar-refractivity contribution >= 4 is 23.2 Å². The normalized spacial score (nSPS) is 12.7. The average Bonchev–Trinajstić information content (AvgIpc) is 2.52. The van der Waals surface area contributed by atoms with Crippen molar-refractivity contribution in [1.82, 2.24) is 10.3 Å². The van der Waals surface area contributed by atoms with E-state index in [1.807, 2.05) is 13.8 Å². The number of nitrogens with one attached hydrogen (secondary N) is 1. The highest BCUT2D eigenvalue weighted by molar-refractivity contribution is 6.42. The van der Waals surface area contributed by atoms with Crippen LogP contribution in [0.2, 0.25) is 10.0 Å². The number of aliphatic hydroxyl groups excluding tert-OH is 1. The molecule has 0 aliphatic rings. The van der Waals surface area contributed by atoms with Gasteiger partial charge in [-0.05, 0) is 30.2 Å². The van der Waals surface area contributed by atoms with Gasteiger partial charge in [0.05, 0.1) is 28.0 Å². The molecule has 2 rings (SSSR count). The lowest BCUT2D eigenvalue weighted by Crippen LogP contribution is -2.36. The maximum Gasteiger partial charge on any atom is 0.146 e. The summed E-state index contributed by atoms with van der Waals surface area (Å²) in [5.41, 5.74) is 1.68. The minimum atomic E-state index is -0.387. The third kappa shape index (κ3) is 4.64. The second-order valence-electron chi connectivity index (χ2n) is 5.67. The molecule has 1 aromatic heterocycles. The van der Waals surface area contributed by atoms with E-state index in [1.165, 1.54) is 6.07 Å². The second-order valence-corrected chi connectivity index (χ2v) is 6.48. The Bertz CT molecular complexity index is 680. The van der Waals surface area contributed by atoms with Crippen LogP contribution in [0.4, 0.5) is 4.39 Å². The SMILES string of the molecule is CC(C)[C@H](CO)NCc1nc(-c2ccc(Cl)c(Cl)c2)ccc1F. The fraction of sp³-hybridized carbons (Fsp3) is 0.353. The maximum atomic E-state index is 14.0. The van der Waals surface area contributed by atoms with Crippen molar-refractivity contribution in [3.63, 3.8) is 0 Å². The van der Waals surface area contributed by atoms with Crippen molar-refractivity contribution in [2.24, 2.45) is 5.92 Å². The predicted molar refractivity (Wildman–Crippen MR) is 92.2 cm³/mol. The smallest absolute Gasteiger partial charge is 0.146 e. The van der Waals surface area contributed by atoms with Crippen LogP contribution in [0.25, 0.3) is 11.3 Å². The molecular formula is C17H19Cl2FN2O. The number of benzene rings is 1. The van der Waals surface area contributed by atoms with Gasteiger partial charge >= 0.3 is 0 Å². The lowest BCUT2D eigenvalue weighted by molar-refractivity contribution is 0.209. The van der Waals surface area contributed by atoms with Gasteiger partial charge in [0.25, 0.3) is 0 Å². The number of halogens is 3. The Balaban J connectivity index is 2.23. The van der Waals surface area contributed by atoms with Gasteiger partial charge in [0, 0.05) is 18.2 Å². The zero-order chi connectivity index (χ0) is 17.0. The van der Waals surface area contributed by atoms with Gasteiger partial charge in [-0.15, -0.1) is 0 Å². The summed E-state index contributed by atoms with van der Waals surface area (Å²) in [6.07, 6.45) is 0. The van der Waals surface area contributed by atoms with Gasteiger partial charge in [0.15, 0.2) is 0 Å². The largest absolute Gasteiger partial charge is 0.395 e. The molecule has 6 heteroatoms. The van der Waals surface area contributed by atoms with E-state index in [0.717, 1.165) is 5.56 Å². The highest BCUT2D eigenvalue weighted by Crippen LogP contribution is 2.28. The molecule has 0 fully saturated rings. The van der Waals surface area contributed by atoms with Gasteiger partial charge in [0.1, 0.15) is 5.82 Å². The van der Waals surface area contributed by atoms with E-state index in [1.54, 1.807) is 24.3 Å². The Kier molecular flexibility index (Phi) is 6.36. The van der Waals surface area contributed by atoms with Crippen LogP contribution in [-0.4, -0.2) is 22.7 Å². The first kappa shape index (κ1) is 18.1. The third-order valence-corrected chi connectivity index (χ3v) is 4.41. The minimum absolute atomic E-state index is 0.00817. The zero-order valence-corrected chi connectivity index (χ0v) is 14.5. The van der Waals surface area contributed by atoms with Crippen molar-refractivity contribution < 1.29 is 9.50 Å². The van der Waals surface area contributed by atoms with E-state index < -0.39 is 0 Å². The summed E-state index contributed by atoms with van der Waals surface area (Å²) in [5.74, 6) is -0.150. The number of nitrogens with zero attached hydrogens (tertiary/aromatic N) is 1. The van der Waals surface area contributed by atoms with Crippen LogP contribution in [0.1, 0.15) is 19.5 Å². The first-order valence-corrected chi connectivity index (χ1v) is 8.13. The minimum Gasteiger partial charge on any atom is -0.395 e. The van der Waals surface area contributed by atoms with E-state index in [2.05, 4.69) is 10.3 Å². The van der Waals surface area contributed by atoms with Gasteiger partial charge in [-0.25, -0.2) is 9.37 Å².